The molecule has 4 aromatic carbocycles. The Morgan fingerprint density at radius 2 is 0.735 bits per heavy atom. The predicted octanol–water partition coefficient (Wildman–Crippen LogP) is 13.7. The van der Waals surface area contributed by atoms with E-state index in [4.69, 9.17) is 17.0 Å². The summed E-state index contributed by atoms with van der Waals surface area (Å²) in [5.74, 6) is 0. The molecule has 0 aliphatic heterocycles. The van der Waals surface area contributed by atoms with Crippen LogP contribution in [0, 0.1) is 34.5 Å². The number of rotatable bonds is 4. The summed E-state index contributed by atoms with van der Waals surface area (Å²) in [6, 6.07) is 35.9. The molecule has 0 bridgehead atoms. The van der Waals surface area contributed by atoms with Crippen molar-refractivity contribution in [3.63, 3.8) is 0 Å². The van der Waals surface area contributed by atoms with E-state index in [2.05, 4.69) is 190 Å². The van der Waals surface area contributed by atoms with Crippen LogP contribution >= 0.6 is 17.0 Å². The van der Waals surface area contributed by atoms with Crippen LogP contribution in [-0.2, 0) is 31.7 Å². The molecule has 3 heteroatoms. The van der Waals surface area contributed by atoms with Gasteiger partial charge in [-0.1, -0.05) is 163 Å². The Morgan fingerprint density at radius 3 is 0.959 bits per heavy atom. The van der Waals surface area contributed by atoms with Crippen LogP contribution in [0.15, 0.2) is 121 Å². The molecule has 0 radical (unpaired) electrons. The Kier molecular flexibility index (Phi) is 9.85. The topological polar surface area (TPSA) is 0 Å². The Bertz CT molecular complexity index is 1670. The van der Waals surface area contributed by atoms with Crippen molar-refractivity contribution in [1.29, 1.82) is 0 Å². The van der Waals surface area contributed by atoms with Gasteiger partial charge in [0.15, 0.2) is 0 Å². The Balaban J connectivity index is 0.000000158. The van der Waals surface area contributed by atoms with E-state index in [1.807, 2.05) is 0 Å². The fraction of sp³-hybridized carbons (Fsp3) is 0.348. The molecule has 252 valence electrons. The van der Waals surface area contributed by atoms with E-state index in [1.54, 1.807) is 0 Å². The number of fused-ring (bicyclic) bond motifs is 6. The minimum absolute atomic E-state index is 0.0114. The molecular formula is C46H50Cl2Zr. The molecule has 0 fully saturated rings. The number of halogens is 2. The third kappa shape index (κ3) is 5.31. The van der Waals surface area contributed by atoms with Crippen LogP contribution < -0.4 is 0 Å². The van der Waals surface area contributed by atoms with E-state index in [-0.39, 0.29) is 32.5 Å². The van der Waals surface area contributed by atoms with Crippen LogP contribution in [0.5, 0.6) is 0 Å². The predicted molar refractivity (Wildman–Crippen MR) is 208 cm³/mol. The minimum atomic E-state index is -0.826. The van der Waals surface area contributed by atoms with Crippen molar-refractivity contribution in [2.45, 2.75) is 79.1 Å². The van der Waals surface area contributed by atoms with Gasteiger partial charge in [0.2, 0.25) is 0 Å². The van der Waals surface area contributed by atoms with E-state index in [0.717, 1.165) is 12.8 Å². The number of allylic oxidation sites excluding steroid dienone is 4. The van der Waals surface area contributed by atoms with Gasteiger partial charge in [-0.3, -0.25) is 0 Å². The van der Waals surface area contributed by atoms with Crippen LogP contribution in [0.1, 0.15) is 90.5 Å². The van der Waals surface area contributed by atoms with Gasteiger partial charge in [-0.15, -0.1) is 12.8 Å². The van der Waals surface area contributed by atoms with Crippen molar-refractivity contribution in [2.75, 3.05) is 0 Å². The molecular weight excluding hydrogens is 715 g/mol. The van der Waals surface area contributed by atoms with E-state index in [9.17, 15) is 0 Å². The second kappa shape index (κ2) is 13.3. The summed E-state index contributed by atoms with van der Waals surface area (Å²) in [6.07, 6.45) is 16.2. The van der Waals surface area contributed by atoms with Crippen LogP contribution in [-0.4, -0.2) is 0 Å². The van der Waals surface area contributed by atoms with Gasteiger partial charge in [0.25, 0.3) is 0 Å². The van der Waals surface area contributed by atoms with Gasteiger partial charge in [0.05, 0.1) is 0 Å². The van der Waals surface area contributed by atoms with Crippen molar-refractivity contribution in [2.24, 2.45) is 21.7 Å². The molecule has 0 saturated heterocycles. The van der Waals surface area contributed by atoms with E-state index in [1.165, 1.54) is 44.5 Å². The molecule has 0 aromatic heterocycles. The molecule has 0 saturated carbocycles. The zero-order valence-electron chi connectivity index (χ0n) is 30.4. The Hall–Kier alpha value is -2.44. The summed E-state index contributed by atoms with van der Waals surface area (Å²) in [7, 11) is 9.87. The van der Waals surface area contributed by atoms with Crippen LogP contribution in [0.4, 0.5) is 0 Å². The molecule has 49 heavy (non-hydrogen) atoms. The number of hydrogen-bond acceptors (Lipinski definition) is 0. The average molecular weight is 765 g/mol. The molecule has 4 aliphatic carbocycles. The molecule has 4 aromatic rings. The Labute approximate surface area is 315 Å². The fourth-order valence-electron chi connectivity index (χ4n) is 9.64. The summed E-state index contributed by atoms with van der Waals surface area (Å²) in [6.45, 7) is 19.6. The summed E-state index contributed by atoms with van der Waals surface area (Å²) in [5, 5.41) is 0. The van der Waals surface area contributed by atoms with Gasteiger partial charge in [-0.05, 0) is 55.3 Å². The van der Waals surface area contributed by atoms with Crippen molar-refractivity contribution in [3.05, 3.63) is 156 Å². The molecule has 2 unspecified atom stereocenters. The summed E-state index contributed by atoms with van der Waals surface area (Å²) < 4.78 is 0. The summed E-state index contributed by atoms with van der Waals surface area (Å²) in [4.78, 5) is 0. The van der Waals surface area contributed by atoms with Crippen LogP contribution in [0.2, 0.25) is 0 Å². The van der Waals surface area contributed by atoms with Gasteiger partial charge >= 0.3 is 37.9 Å². The first-order chi connectivity index (χ1) is 23.2. The SMILES string of the molecule is CC1(C(C)(C)C2(C)c3ccccc3-c3ccccc32)C=C[CH-]C1.CC1(C(C)(C)C2(C)c3ccccc3-c3ccccc32)C=C[CH-]C1.[Cl][Zr+2][Cl]. The summed E-state index contributed by atoms with van der Waals surface area (Å²) >= 11 is -0.826. The van der Waals surface area contributed by atoms with E-state index >= 15 is 0 Å². The van der Waals surface area contributed by atoms with Gasteiger partial charge < -0.3 is 0 Å². The van der Waals surface area contributed by atoms with Crippen molar-refractivity contribution >= 4 is 17.0 Å². The van der Waals surface area contributed by atoms with E-state index in [0.29, 0.717) is 0 Å². The molecule has 0 N–H and O–H groups in total. The quantitative estimate of drug-likeness (QED) is 0.182. The van der Waals surface area contributed by atoms with Gasteiger partial charge in [0, 0.05) is 10.8 Å². The molecule has 4 aliphatic rings. The van der Waals surface area contributed by atoms with E-state index < -0.39 is 20.8 Å². The second-order valence-electron chi connectivity index (χ2n) is 16.2. The van der Waals surface area contributed by atoms with Crippen molar-refractivity contribution in [3.8, 4) is 22.3 Å². The van der Waals surface area contributed by atoms with Gasteiger partial charge in [-0.2, -0.15) is 0 Å². The second-order valence-corrected chi connectivity index (χ2v) is 19.9. The normalized spacial score (nSPS) is 22.9. The first kappa shape index (κ1) is 36.4. The van der Waals surface area contributed by atoms with Crippen LogP contribution in [0.25, 0.3) is 22.3 Å². The zero-order chi connectivity index (χ0) is 35.3. The molecule has 0 amide bonds. The first-order valence-electron chi connectivity index (χ1n) is 17.6. The van der Waals surface area contributed by atoms with Crippen LogP contribution in [0.3, 0.4) is 0 Å². The number of benzene rings is 4. The molecule has 2 atom stereocenters. The Morgan fingerprint density at radius 1 is 0.490 bits per heavy atom. The van der Waals surface area contributed by atoms with Crippen molar-refractivity contribution < 1.29 is 20.8 Å². The summed E-state index contributed by atoms with van der Waals surface area (Å²) in [5.41, 5.74) is 12.1. The van der Waals surface area contributed by atoms with Gasteiger partial charge in [0.1, 0.15) is 0 Å². The third-order valence-electron chi connectivity index (χ3n) is 14.1. The first-order valence-corrected chi connectivity index (χ1v) is 24.0. The average Bonchev–Trinajstić information content (AvgIpc) is 3.88. The zero-order valence-corrected chi connectivity index (χ0v) is 34.3. The monoisotopic (exact) mass is 762 g/mol. The molecule has 0 spiro atoms. The molecule has 8 rings (SSSR count). The number of hydrogen-bond donors (Lipinski definition) is 0. The fourth-order valence-corrected chi connectivity index (χ4v) is 9.64. The molecule has 0 nitrogen and oxygen atoms in total. The maximum absolute atomic E-state index is 4.93. The maximum atomic E-state index is 4.93. The van der Waals surface area contributed by atoms with Gasteiger partial charge in [-0.25, -0.2) is 37.1 Å². The van der Waals surface area contributed by atoms with Crippen molar-refractivity contribution in [1.82, 2.24) is 0 Å². The molecule has 0 heterocycles. The standard InChI is InChI=1S/2C23H25.2ClH.Zr/c2*1-21(2,22(3)15-9-10-16-22)23(4)19-13-7-5-11-17(19)18-12-6-8-14-20(18)23;;;/h2*5-15H,16H2,1-4H3;2*1H;/q2*-1;;;+4/p-2. The third-order valence-corrected chi connectivity index (χ3v) is 14.1.